The maximum atomic E-state index is 11.6. The van der Waals surface area contributed by atoms with E-state index in [1.54, 1.807) is 39.1 Å². The van der Waals surface area contributed by atoms with Gasteiger partial charge in [-0.15, -0.1) is 0 Å². The molecule has 0 bridgehead atoms. The molecule has 0 aliphatic rings. The fourth-order valence-electron chi connectivity index (χ4n) is 1.87. The van der Waals surface area contributed by atoms with E-state index in [2.05, 4.69) is 20.1 Å². The van der Waals surface area contributed by atoms with Crippen molar-refractivity contribution in [3.63, 3.8) is 0 Å². The summed E-state index contributed by atoms with van der Waals surface area (Å²) in [5.74, 6) is 0.352. The molecule has 2 heterocycles. The number of hydrogen-bond donors (Lipinski definition) is 0. The maximum absolute atomic E-state index is 11.6. The van der Waals surface area contributed by atoms with Crippen molar-refractivity contribution in [2.24, 2.45) is 5.16 Å². The Morgan fingerprint density at radius 1 is 1.18 bits per heavy atom. The predicted molar refractivity (Wildman–Crippen MR) is 98.8 cm³/mol. The first-order valence-corrected chi connectivity index (χ1v) is 8.28. The highest BCUT2D eigenvalue weighted by atomic mass is 16.7. The first-order valence-electron chi connectivity index (χ1n) is 8.28. The lowest BCUT2D eigenvalue weighted by atomic mass is 10.2. The smallest absolute Gasteiger partial charge is 0.347 e. The Labute approximate surface area is 162 Å². The largest absolute Gasteiger partial charge is 0.481 e. The van der Waals surface area contributed by atoms with Gasteiger partial charge >= 0.3 is 12.0 Å². The molecule has 0 aliphatic carbocycles. The molecule has 0 amide bonds. The summed E-state index contributed by atoms with van der Waals surface area (Å²) in [6, 6.07) is 4.85. The number of ether oxygens (including phenoxy) is 4. The summed E-state index contributed by atoms with van der Waals surface area (Å²) in [6.07, 6.45) is 2.85. The minimum absolute atomic E-state index is 0.00789. The Bertz CT molecular complexity index is 813. The molecular formula is C18H22N4O6. The highest BCUT2D eigenvalue weighted by Gasteiger charge is 2.16. The van der Waals surface area contributed by atoms with Gasteiger partial charge in [0, 0.05) is 6.20 Å². The topological polar surface area (TPSA) is 114 Å². The number of carbonyl (C=O) groups excluding carboxylic acids is 1. The van der Waals surface area contributed by atoms with Gasteiger partial charge in [0.15, 0.2) is 5.75 Å². The number of pyridine rings is 1. The Balaban J connectivity index is 2.06. The number of hydrogen-bond acceptors (Lipinski definition) is 10. The van der Waals surface area contributed by atoms with Crippen LogP contribution in [-0.4, -0.2) is 53.6 Å². The van der Waals surface area contributed by atoms with Gasteiger partial charge in [-0.2, -0.15) is 9.97 Å². The van der Waals surface area contributed by atoms with Crippen LogP contribution in [0.4, 0.5) is 0 Å². The Hall–Kier alpha value is -3.43. The molecular weight excluding hydrogens is 368 g/mol. The van der Waals surface area contributed by atoms with Crippen LogP contribution in [0.3, 0.4) is 0 Å². The van der Waals surface area contributed by atoms with Crippen molar-refractivity contribution in [2.75, 3.05) is 20.8 Å². The van der Waals surface area contributed by atoms with Crippen LogP contribution in [-0.2, 0) is 14.4 Å². The molecule has 0 radical (unpaired) electrons. The van der Waals surface area contributed by atoms with Crippen LogP contribution in [0, 0.1) is 0 Å². The van der Waals surface area contributed by atoms with Crippen molar-refractivity contribution < 1.29 is 28.6 Å². The highest BCUT2D eigenvalue weighted by Crippen LogP contribution is 2.24. The molecule has 2 aromatic heterocycles. The molecule has 0 atom stereocenters. The summed E-state index contributed by atoms with van der Waals surface area (Å²) < 4.78 is 20.9. The molecule has 0 spiro atoms. The maximum Gasteiger partial charge on any atom is 0.347 e. The van der Waals surface area contributed by atoms with Gasteiger partial charge in [0.05, 0.1) is 26.5 Å². The van der Waals surface area contributed by atoms with Crippen molar-refractivity contribution in [1.82, 2.24) is 15.0 Å². The average molecular weight is 390 g/mol. The van der Waals surface area contributed by atoms with Crippen LogP contribution >= 0.6 is 0 Å². The van der Waals surface area contributed by atoms with Crippen molar-refractivity contribution in [1.29, 1.82) is 0 Å². The first-order chi connectivity index (χ1) is 13.3. The molecule has 2 rings (SSSR count). The second-order valence-corrected chi connectivity index (χ2v) is 6.32. The van der Waals surface area contributed by atoms with Gasteiger partial charge in [-0.1, -0.05) is 5.16 Å². The zero-order chi connectivity index (χ0) is 20.6. The molecule has 10 nitrogen and oxygen atoms in total. The summed E-state index contributed by atoms with van der Waals surface area (Å²) in [6.45, 7) is 4.97. The molecule has 150 valence electrons. The lowest BCUT2D eigenvalue weighted by molar-refractivity contribution is -0.160. The number of nitrogens with zero attached hydrogens (tertiary/aromatic N) is 4. The molecule has 2 aromatic rings. The fraction of sp³-hybridized carbons (Fsp3) is 0.389. The third kappa shape index (κ3) is 6.71. The van der Waals surface area contributed by atoms with E-state index < -0.39 is 11.6 Å². The highest BCUT2D eigenvalue weighted by molar-refractivity contribution is 5.80. The number of esters is 1. The summed E-state index contributed by atoms with van der Waals surface area (Å²) in [5, 5.41) is 3.72. The second-order valence-electron chi connectivity index (χ2n) is 6.32. The van der Waals surface area contributed by atoms with E-state index >= 15 is 0 Å². The van der Waals surface area contributed by atoms with Crippen LogP contribution in [0.2, 0.25) is 0 Å². The fourth-order valence-corrected chi connectivity index (χ4v) is 1.87. The van der Waals surface area contributed by atoms with Crippen molar-refractivity contribution in [2.45, 2.75) is 26.4 Å². The van der Waals surface area contributed by atoms with Gasteiger partial charge < -0.3 is 23.8 Å². The SMILES string of the molecule is COc1cc(OC)nc(Oc2cccnc2C=NOCC(=O)OC(C)(C)C)n1. The number of rotatable bonds is 8. The third-order valence-corrected chi connectivity index (χ3v) is 2.93. The monoisotopic (exact) mass is 390 g/mol. The second kappa shape index (κ2) is 9.49. The van der Waals surface area contributed by atoms with Crippen molar-refractivity contribution >= 4 is 12.2 Å². The first kappa shape index (κ1) is 20.9. The van der Waals surface area contributed by atoms with Crippen LogP contribution in [0.1, 0.15) is 26.5 Å². The van der Waals surface area contributed by atoms with E-state index in [-0.39, 0.29) is 24.4 Å². The standard InChI is InChI=1S/C18H22N4O6/c1-18(2,3)28-16(23)11-26-20-10-12-13(7-6-8-19-12)27-17-21-14(24-4)9-15(22-17)25-5/h6-10H,11H2,1-5H3. The summed E-state index contributed by atoms with van der Waals surface area (Å²) in [7, 11) is 2.94. The van der Waals surface area contributed by atoms with E-state index in [1.807, 2.05) is 0 Å². The molecule has 10 heteroatoms. The Morgan fingerprint density at radius 2 is 1.86 bits per heavy atom. The molecule has 0 unspecified atom stereocenters. The minimum atomic E-state index is -0.593. The summed E-state index contributed by atoms with van der Waals surface area (Å²) >= 11 is 0. The molecule has 0 saturated heterocycles. The molecule has 0 aromatic carbocycles. The molecule has 0 saturated carbocycles. The molecule has 0 N–H and O–H groups in total. The third-order valence-electron chi connectivity index (χ3n) is 2.93. The lowest BCUT2D eigenvalue weighted by Crippen LogP contribution is -2.26. The van der Waals surface area contributed by atoms with Crippen LogP contribution in [0.15, 0.2) is 29.6 Å². The van der Waals surface area contributed by atoms with Gasteiger partial charge in [-0.25, -0.2) is 4.79 Å². The number of aromatic nitrogens is 3. The lowest BCUT2D eigenvalue weighted by Gasteiger charge is -2.18. The van der Waals surface area contributed by atoms with Crippen LogP contribution in [0.5, 0.6) is 23.5 Å². The number of oxime groups is 1. The number of carbonyl (C=O) groups is 1. The van der Waals surface area contributed by atoms with Crippen LogP contribution in [0.25, 0.3) is 0 Å². The van der Waals surface area contributed by atoms with Crippen molar-refractivity contribution in [3.8, 4) is 23.5 Å². The van der Waals surface area contributed by atoms with E-state index in [4.69, 9.17) is 23.8 Å². The van der Waals surface area contributed by atoms with E-state index in [0.29, 0.717) is 11.4 Å². The quantitative estimate of drug-likeness (QED) is 0.380. The molecule has 0 aliphatic heterocycles. The van der Waals surface area contributed by atoms with Gasteiger partial charge in [-0.3, -0.25) is 4.98 Å². The zero-order valence-corrected chi connectivity index (χ0v) is 16.3. The normalized spacial score (nSPS) is 11.2. The van der Waals surface area contributed by atoms with Crippen molar-refractivity contribution in [3.05, 3.63) is 30.1 Å². The van der Waals surface area contributed by atoms with E-state index in [9.17, 15) is 4.79 Å². The average Bonchev–Trinajstić information content (AvgIpc) is 2.64. The predicted octanol–water partition coefficient (Wildman–Crippen LogP) is 2.37. The van der Waals surface area contributed by atoms with E-state index in [1.165, 1.54) is 26.5 Å². The molecule has 28 heavy (non-hydrogen) atoms. The molecule has 0 fully saturated rings. The minimum Gasteiger partial charge on any atom is -0.481 e. The Morgan fingerprint density at radius 3 is 2.46 bits per heavy atom. The van der Waals surface area contributed by atoms with Gasteiger partial charge in [-0.05, 0) is 32.9 Å². The van der Waals surface area contributed by atoms with E-state index in [0.717, 1.165) is 0 Å². The summed E-state index contributed by atoms with van der Waals surface area (Å²) in [5.41, 5.74) is -0.249. The summed E-state index contributed by atoms with van der Waals surface area (Å²) in [4.78, 5) is 28.9. The van der Waals surface area contributed by atoms with Gasteiger partial charge in [0.2, 0.25) is 18.4 Å². The van der Waals surface area contributed by atoms with Crippen LogP contribution < -0.4 is 14.2 Å². The number of methoxy groups -OCH3 is 2. The zero-order valence-electron chi connectivity index (χ0n) is 16.3. The van der Waals surface area contributed by atoms with Gasteiger partial charge in [0.1, 0.15) is 11.3 Å². The Kier molecular flexibility index (Phi) is 7.08. The van der Waals surface area contributed by atoms with Gasteiger partial charge in [0.25, 0.3) is 0 Å².